The van der Waals surface area contributed by atoms with E-state index in [0.29, 0.717) is 6.42 Å². The first-order valence-electron chi connectivity index (χ1n) is 27.5. The van der Waals surface area contributed by atoms with E-state index in [4.69, 9.17) is 9.47 Å². The Morgan fingerprint density at radius 3 is 1.16 bits per heavy atom. The van der Waals surface area contributed by atoms with Crippen LogP contribution < -0.4 is 0 Å². The van der Waals surface area contributed by atoms with Crippen molar-refractivity contribution in [2.45, 2.75) is 311 Å². The molecule has 0 saturated carbocycles. The average Bonchev–Trinajstić information content (AvgIpc) is 3.24. The average molecular weight is 864 g/mol. The van der Waals surface area contributed by atoms with Gasteiger partial charge in [0.25, 0.3) is 0 Å². The summed E-state index contributed by atoms with van der Waals surface area (Å²) in [6, 6.07) is 0. The highest BCUT2D eigenvalue weighted by molar-refractivity contribution is 5.76. The van der Waals surface area contributed by atoms with E-state index in [-0.39, 0.29) is 30.8 Å². The zero-order chi connectivity index (χ0) is 44.9. The Bertz CT molecular complexity index is 892. The molecule has 0 bridgehead atoms. The minimum atomic E-state index is -0.434. The van der Waals surface area contributed by atoms with E-state index < -0.39 is 5.41 Å². The molecule has 6 nitrogen and oxygen atoms in total. The van der Waals surface area contributed by atoms with Crippen molar-refractivity contribution in [3.05, 3.63) is 0 Å². The van der Waals surface area contributed by atoms with E-state index in [2.05, 4.69) is 46.4 Å². The summed E-state index contributed by atoms with van der Waals surface area (Å²) in [5, 5.41) is 9.53. The molecule has 0 aliphatic heterocycles. The van der Waals surface area contributed by atoms with Crippen molar-refractivity contribution < 1.29 is 24.2 Å². The quantitative estimate of drug-likeness (QED) is 0.0485. The van der Waals surface area contributed by atoms with Crippen LogP contribution in [0.15, 0.2) is 0 Å². The summed E-state index contributed by atoms with van der Waals surface area (Å²) in [6.45, 7) is 16.6. The summed E-state index contributed by atoms with van der Waals surface area (Å²) in [5.41, 5.74) is -0.434. The van der Waals surface area contributed by atoms with Gasteiger partial charge in [-0.15, -0.1) is 0 Å². The van der Waals surface area contributed by atoms with Gasteiger partial charge in [-0.05, 0) is 110 Å². The number of nitrogens with zero attached hydrogens (tertiary/aromatic N) is 1. The molecule has 1 N–H and O–H groups in total. The van der Waals surface area contributed by atoms with Crippen molar-refractivity contribution in [3.8, 4) is 0 Å². The van der Waals surface area contributed by atoms with Crippen LogP contribution in [0.2, 0.25) is 0 Å². The number of aliphatic hydroxyl groups excluding tert-OH is 1. The third-order valence-corrected chi connectivity index (χ3v) is 13.2. The Labute approximate surface area is 382 Å². The summed E-state index contributed by atoms with van der Waals surface area (Å²) in [4.78, 5) is 28.8. The predicted molar refractivity (Wildman–Crippen MR) is 264 cm³/mol. The van der Waals surface area contributed by atoms with Crippen LogP contribution in [-0.4, -0.2) is 60.4 Å². The molecule has 0 atom stereocenters. The van der Waals surface area contributed by atoms with Gasteiger partial charge < -0.3 is 19.5 Å². The molecular weight excluding hydrogens is 755 g/mol. The molecule has 0 spiro atoms. The second-order valence-corrected chi connectivity index (χ2v) is 19.8. The lowest BCUT2D eigenvalue weighted by Gasteiger charge is -2.27. The van der Waals surface area contributed by atoms with E-state index in [1.165, 1.54) is 173 Å². The Hall–Kier alpha value is -1.14. The Balaban J connectivity index is 4.48. The molecule has 0 aliphatic carbocycles. The fourth-order valence-electron chi connectivity index (χ4n) is 8.81. The molecule has 61 heavy (non-hydrogen) atoms. The molecule has 0 unspecified atom stereocenters. The number of unbranched alkanes of at least 4 members (excludes halogenated alkanes) is 27. The first-order chi connectivity index (χ1) is 29.7. The fraction of sp³-hybridized carbons (Fsp3) is 0.964. The van der Waals surface area contributed by atoms with E-state index in [0.717, 1.165) is 96.7 Å². The zero-order valence-corrected chi connectivity index (χ0v) is 42.3. The summed E-state index contributed by atoms with van der Waals surface area (Å²) >= 11 is 0. The maximum atomic E-state index is 13.4. The van der Waals surface area contributed by atoms with E-state index in [1.807, 2.05) is 0 Å². The zero-order valence-electron chi connectivity index (χ0n) is 42.3. The van der Waals surface area contributed by atoms with Gasteiger partial charge >= 0.3 is 11.9 Å². The van der Waals surface area contributed by atoms with Crippen molar-refractivity contribution in [1.82, 2.24) is 4.90 Å². The molecule has 0 radical (unpaired) electrons. The van der Waals surface area contributed by atoms with Gasteiger partial charge in [0.2, 0.25) is 0 Å². The SMILES string of the molecule is CCCCCCCCC(CCCCCCCC)OC(=O)CCCCCCCN(CCCO)CCCCCCC(C)(C)C(=O)OC(CCCCCCCC)CCCCCCCC. The Morgan fingerprint density at radius 1 is 0.426 bits per heavy atom. The van der Waals surface area contributed by atoms with E-state index in [1.54, 1.807) is 0 Å². The number of aliphatic hydroxyl groups is 1. The highest BCUT2D eigenvalue weighted by Crippen LogP contribution is 2.28. The van der Waals surface area contributed by atoms with Gasteiger partial charge in [0.1, 0.15) is 12.2 Å². The molecule has 0 fully saturated rings. The maximum absolute atomic E-state index is 13.4. The summed E-state index contributed by atoms with van der Waals surface area (Å²) < 4.78 is 12.3. The molecule has 0 aliphatic rings. The predicted octanol–water partition coefficient (Wildman–Crippen LogP) is 16.8. The molecule has 0 heterocycles. The molecule has 0 saturated heterocycles. The molecule has 0 rings (SSSR count). The van der Waals surface area contributed by atoms with Crippen LogP contribution in [-0.2, 0) is 19.1 Å². The first kappa shape index (κ1) is 59.9. The summed E-state index contributed by atoms with van der Waals surface area (Å²) in [7, 11) is 0. The lowest BCUT2D eigenvalue weighted by Crippen LogP contribution is -2.31. The van der Waals surface area contributed by atoms with Gasteiger partial charge in [-0.1, -0.05) is 195 Å². The van der Waals surface area contributed by atoms with Crippen LogP contribution in [0, 0.1) is 5.41 Å². The topological polar surface area (TPSA) is 76.1 Å². The number of hydrogen-bond donors (Lipinski definition) is 1. The smallest absolute Gasteiger partial charge is 0.311 e. The summed E-state index contributed by atoms with van der Waals surface area (Å²) in [6.07, 6.45) is 47.4. The maximum Gasteiger partial charge on any atom is 0.311 e. The summed E-state index contributed by atoms with van der Waals surface area (Å²) in [5.74, 6) is 0.0303. The normalized spacial score (nSPS) is 12.0. The molecule has 0 aromatic heterocycles. The van der Waals surface area contributed by atoms with E-state index >= 15 is 0 Å². The molecular formula is C55H109NO5. The number of carbonyl (C=O) groups excluding carboxylic acids is 2. The van der Waals surface area contributed by atoms with Gasteiger partial charge in [-0.2, -0.15) is 0 Å². The Morgan fingerprint density at radius 2 is 0.754 bits per heavy atom. The minimum absolute atomic E-state index is 0.0100. The van der Waals surface area contributed by atoms with Crippen molar-refractivity contribution in [1.29, 1.82) is 0 Å². The van der Waals surface area contributed by atoms with Gasteiger partial charge in [-0.3, -0.25) is 9.59 Å². The van der Waals surface area contributed by atoms with Crippen molar-refractivity contribution in [2.24, 2.45) is 5.41 Å². The number of rotatable bonds is 49. The van der Waals surface area contributed by atoms with Crippen LogP contribution >= 0.6 is 0 Å². The molecule has 364 valence electrons. The van der Waals surface area contributed by atoms with Gasteiger partial charge in [0.05, 0.1) is 5.41 Å². The van der Waals surface area contributed by atoms with Crippen LogP contribution in [0.3, 0.4) is 0 Å². The molecule has 0 aromatic carbocycles. The minimum Gasteiger partial charge on any atom is -0.462 e. The first-order valence-corrected chi connectivity index (χ1v) is 27.5. The second-order valence-electron chi connectivity index (χ2n) is 19.8. The van der Waals surface area contributed by atoms with Crippen LogP contribution in [0.25, 0.3) is 0 Å². The molecule has 6 heteroatoms. The largest absolute Gasteiger partial charge is 0.462 e. The lowest BCUT2D eigenvalue weighted by molar-refractivity contribution is -0.161. The standard InChI is InChI=1S/C55H109NO5/c1-7-11-15-19-24-32-41-51(42-33-25-20-16-12-8-2)60-53(58)45-36-28-23-30-38-47-56(49-40-50-57)48-39-31-29-37-46-55(5,6)54(59)61-52(43-34-26-21-17-13-9-3)44-35-27-22-18-14-10-4/h51-52,57H,7-50H2,1-6H3. The Kier molecular flexibility index (Phi) is 44.6. The van der Waals surface area contributed by atoms with E-state index in [9.17, 15) is 14.7 Å². The van der Waals surface area contributed by atoms with Crippen molar-refractivity contribution in [3.63, 3.8) is 0 Å². The second kappa shape index (κ2) is 45.4. The lowest BCUT2D eigenvalue weighted by atomic mass is 9.86. The highest BCUT2D eigenvalue weighted by Gasteiger charge is 2.31. The van der Waals surface area contributed by atoms with Crippen molar-refractivity contribution in [2.75, 3.05) is 26.2 Å². The fourth-order valence-corrected chi connectivity index (χ4v) is 8.81. The van der Waals surface area contributed by atoms with Gasteiger partial charge in [-0.25, -0.2) is 0 Å². The molecule has 0 amide bonds. The number of ether oxygens (including phenoxy) is 2. The van der Waals surface area contributed by atoms with Crippen LogP contribution in [0.1, 0.15) is 298 Å². The number of esters is 2. The van der Waals surface area contributed by atoms with Gasteiger partial charge in [0.15, 0.2) is 0 Å². The van der Waals surface area contributed by atoms with Crippen LogP contribution in [0.4, 0.5) is 0 Å². The number of carbonyl (C=O) groups is 2. The van der Waals surface area contributed by atoms with Gasteiger partial charge in [0, 0.05) is 19.6 Å². The molecule has 0 aromatic rings. The van der Waals surface area contributed by atoms with Crippen molar-refractivity contribution >= 4 is 11.9 Å². The monoisotopic (exact) mass is 864 g/mol. The van der Waals surface area contributed by atoms with Crippen LogP contribution in [0.5, 0.6) is 0 Å². The number of hydrogen-bond acceptors (Lipinski definition) is 6. The third kappa shape index (κ3) is 40.1. The highest BCUT2D eigenvalue weighted by atomic mass is 16.5. The third-order valence-electron chi connectivity index (χ3n) is 13.2.